The molecule has 1 unspecified atom stereocenters. The number of carbonyl (C=O) groups excluding carboxylic acids is 1. The molecule has 1 atom stereocenters. The Kier molecular flexibility index (Phi) is 3.75. The highest BCUT2D eigenvalue weighted by molar-refractivity contribution is 7.93. The molecule has 3 heterocycles. The van der Waals surface area contributed by atoms with Gasteiger partial charge in [0.25, 0.3) is 0 Å². The molecule has 3 fully saturated rings. The van der Waals surface area contributed by atoms with Gasteiger partial charge in [0.2, 0.25) is 17.6 Å². The first-order valence-electron chi connectivity index (χ1n) is 9.35. The van der Waals surface area contributed by atoms with Crippen LogP contribution < -0.4 is 0 Å². The van der Waals surface area contributed by atoms with Gasteiger partial charge in [-0.1, -0.05) is 23.7 Å². The summed E-state index contributed by atoms with van der Waals surface area (Å²) < 4.78 is 30.2. The molecule has 2 aliphatic heterocycles. The Bertz CT molecular complexity index is 1050. The molecule has 2 saturated heterocycles. The zero-order valence-electron chi connectivity index (χ0n) is 15.4. The Hall–Kier alpha value is -1.93. The average Bonchev–Trinajstić information content (AvgIpc) is 3.08. The summed E-state index contributed by atoms with van der Waals surface area (Å²) in [4.78, 5) is 18.7. The number of hydrogen-bond acceptors (Lipinski definition) is 6. The van der Waals surface area contributed by atoms with Crippen molar-refractivity contribution in [3.05, 3.63) is 35.2 Å². The lowest BCUT2D eigenvalue weighted by molar-refractivity contribution is -0.142. The molecule has 5 rings (SSSR count). The standard InChI is InChI=1S/C19H20ClN3O4S/c1-18(7-8-18)17(24)23-10-19(11-23)14(6-9-28(19,25)26)16-21-15(22-27-16)12-2-4-13(20)5-3-12/h2-5,14H,6-11H2,1H3. The van der Waals surface area contributed by atoms with Gasteiger partial charge in [-0.15, -0.1) is 0 Å². The lowest BCUT2D eigenvalue weighted by Gasteiger charge is -2.49. The largest absolute Gasteiger partial charge is 0.339 e. The third-order valence-electron chi connectivity index (χ3n) is 6.49. The molecular formula is C19H20ClN3O4S. The number of nitrogens with zero attached hydrogens (tertiary/aromatic N) is 3. The Morgan fingerprint density at radius 2 is 1.93 bits per heavy atom. The summed E-state index contributed by atoms with van der Waals surface area (Å²) in [6.45, 7) is 2.37. The third-order valence-corrected chi connectivity index (χ3v) is 9.30. The quantitative estimate of drug-likeness (QED) is 0.756. The fraction of sp³-hybridized carbons (Fsp3) is 0.526. The first-order valence-corrected chi connectivity index (χ1v) is 11.4. The van der Waals surface area contributed by atoms with Gasteiger partial charge in [0.15, 0.2) is 9.84 Å². The van der Waals surface area contributed by atoms with Crippen LogP contribution in [0.3, 0.4) is 0 Å². The smallest absolute Gasteiger partial charge is 0.231 e. The maximum Gasteiger partial charge on any atom is 0.231 e. The van der Waals surface area contributed by atoms with Crippen LogP contribution in [0.15, 0.2) is 28.8 Å². The van der Waals surface area contributed by atoms with Crippen LogP contribution in [0.1, 0.15) is 38.0 Å². The van der Waals surface area contributed by atoms with Gasteiger partial charge in [0, 0.05) is 29.1 Å². The number of carbonyl (C=O) groups is 1. The number of likely N-dealkylation sites (tertiary alicyclic amines) is 1. The first-order chi connectivity index (χ1) is 13.2. The second-order valence-electron chi connectivity index (χ2n) is 8.41. The summed E-state index contributed by atoms with van der Waals surface area (Å²) in [5.41, 5.74) is 0.451. The summed E-state index contributed by atoms with van der Waals surface area (Å²) in [5.74, 6) is 0.489. The van der Waals surface area contributed by atoms with Crippen LogP contribution in [-0.2, 0) is 14.6 Å². The van der Waals surface area contributed by atoms with Gasteiger partial charge in [-0.2, -0.15) is 4.98 Å². The van der Waals surface area contributed by atoms with Crippen LogP contribution in [0.5, 0.6) is 0 Å². The van der Waals surface area contributed by atoms with Crippen molar-refractivity contribution in [1.82, 2.24) is 15.0 Å². The molecule has 0 N–H and O–H groups in total. The molecule has 1 aromatic heterocycles. The van der Waals surface area contributed by atoms with Crippen molar-refractivity contribution in [3.8, 4) is 11.4 Å². The minimum absolute atomic E-state index is 0.0614. The van der Waals surface area contributed by atoms with Crippen molar-refractivity contribution in [2.45, 2.75) is 36.9 Å². The summed E-state index contributed by atoms with van der Waals surface area (Å²) >= 11 is 5.92. The molecule has 1 saturated carbocycles. The van der Waals surface area contributed by atoms with E-state index in [1.165, 1.54) is 0 Å². The normalized spacial score (nSPS) is 26.2. The summed E-state index contributed by atoms with van der Waals surface area (Å²) in [6, 6.07) is 7.06. The van der Waals surface area contributed by atoms with E-state index in [0.717, 1.165) is 18.4 Å². The minimum Gasteiger partial charge on any atom is -0.339 e. The van der Waals surface area contributed by atoms with Crippen molar-refractivity contribution >= 4 is 27.3 Å². The lowest BCUT2D eigenvalue weighted by Crippen LogP contribution is -2.68. The maximum atomic E-state index is 12.9. The third kappa shape index (κ3) is 2.54. The van der Waals surface area contributed by atoms with E-state index in [1.54, 1.807) is 29.2 Å². The van der Waals surface area contributed by atoms with E-state index in [0.29, 0.717) is 23.2 Å². The van der Waals surface area contributed by atoms with Crippen LogP contribution in [-0.4, -0.2) is 53.0 Å². The van der Waals surface area contributed by atoms with Crippen molar-refractivity contribution < 1.29 is 17.7 Å². The van der Waals surface area contributed by atoms with E-state index >= 15 is 0 Å². The van der Waals surface area contributed by atoms with Gasteiger partial charge in [0.05, 0.1) is 11.7 Å². The van der Waals surface area contributed by atoms with E-state index in [4.69, 9.17) is 16.1 Å². The Morgan fingerprint density at radius 1 is 1.25 bits per heavy atom. The van der Waals surface area contributed by atoms with Crippen LogP contribution in [0.2, 0.25) is 5.02 Å². The Labute approximate surface area is 168 Å². The van der Waals surface area contributed by atoms with Crippen LogP contribution in [0, 0.1) is 5.41 Å². The second-order valence-corrected chi connectivity index (χ2v) is 11.3. The second kappa shape index (κ2) is 5.79. The molecule has 148 valence electrons. The van der Waals surface area contributed by atoms with E-state index < -0.39 is 14.6 Å². The molecule has 1 aliphatic carbocycles. The fourth-order valence-electron chi connectivity index (χ4n) is 4.34. The predicted molar refractivity (Wildman–Crippen MR) is 103 cm³/mol. The van der Waals surface area contributed by atoms with E-state index in [1.807, 2.05) is 6.92 Å². The Morgan fingerprint density at radius 3 is 2.57 bits per heavy atom. The molecular weight excluding hydrogens is 402 g/mol. The first kappa shape index (κ1) is 18.1. The monoisotopic (exact) mass is 421 g/mol. The van der Waals surface area contributed by atoms with Crippen molar-refractivity contribution in [2.75, 3.05) is 18.8 Å². The number of rotatable bonds is 3. The number of amides is 1. The summed E-state index contributed by atoms with van der Waals surface area (Å²) in [6.07, 6.45) is 2.18. The highest BCUT2D eigenvalue weighted by atomic mass is 35.5. The van der Waals surface area contributed by atoms with Gasteiger partial charge in [-0.05, 0) is 43.5 Å². The highest BCUT2D eigenvalue weighted by Crippen LogP contribution is 2.53. The molecule has 28 heavy (non-hydrogen) atoms. The number of benzene rings is 1. The van der Waals surface area contributed by atoms with Crippen molar-refractivity contribution in [2.24, 2.45) is 5.41 Å². The lowest BCUT2D eigenvalue weighted by atomic mass is 9.82. The fourth-order valence-corrected chi connectivity index (χ4v) is 6.78. The SMILES string of the molecule is CC1(C(=O)N2CC3(C2)C(c2nc(-c4ccc(Cl)cc4)no2)CCS3(=O)=O)CC1. The van der Waals surface area contributed by atoms with Crippen LogP contribution in [0.4, 0.5) is 0 Å². The van der Waals surface area contributed by atoms with Crippen molar-refractivity contribution in [3.63, 3.8) is 0 Å². The van der Waals surface area contributed by atoms with Crippen LogP contribution in [0.25, 0.3) is 11.4 Å². The molecule has 9 heteroatoms. The van der Waals surface area contributed by atoms with Gasteiger partial charge in [-0.25, -0.2) is 8.42 Å². The molecule has 7 nitrogen and oxygen atoms in total. The van der Waals surface area contributed by atoms with Gasteiger partial charge in [-0.3, -0.25) is 4.79 Å². The summed E-state index contributed by atoms with van der Waals surface area (Å²) in [5, 5.41) is 4.64. The number of sulfone groups is 1. The molecule has 1 aromatic carbocycles. The number of aromatic nitrogens is 2. The zero-order valence-corrected chi connectivity index (χ0v) is 17.0. The van der Waals surface area contributed by atoms with Crippen LogP contribution >= 0.6 is 11.6 Å². The minimum atomic E-state index is -3.34. The molecule has 2 aromatic rings. The predicted octanol–water partition coefficient (Wildman–Crippen LogP) is 2.67. The summed E-state index contributed by atoms with van der Waals surface area (Å²) in [7, 11) is -3.34. The number of hydrogen-bond donors (Lipinski definition) is 0. The number of halogens is 1. The van der Waals surface area contributed by atoms with E-state index in [9.17, 15) is 13.2 Å². The van der Waals surface area contributed by atoms with E-state index in [2.05, 4.69) is 10.1 Å². The molecule has 1 spiro atoms. The van der Waals surface area contributed by atoms with E-state index in [-0.39, 0.29) is 36.1 Å². The van der Waals surface area contributed by atoms with Gasteiger partial charge >= 0.3 is 0 Å². The zero-order chi connectivity index (χ0) is 19.7. The molecule has 0 bridgehead atoms. The highest BCUT2D eigenvalue weighted by Gasteiger charge is 2.66. The Balaban J connectivity index is 1.42. The molecule has 1 amide bonds. The topological polar surface area (TPSA) is 93.4 Å². The van der Waals surface area contributed by atoms with Gasteiger partial charge < -0.3 is 9.42 Å². The van der Waals surface area contributed by atoms with Crippen molar-refractivity contribution in [1.29, 1.82) is 0 Å². The average molecular weight is 422 g/mol. The van der Waals surface area contributed by atoms with Gasteiger partial charge in [0.1, 0.15) is 4.75 Å². The molecule has 3 aliphatic rings. The molecule has 0 radical (unpaired) electrons. The maximum absolute atomic E-state index is 12.9.